The van der Waals surface area contributed by atoms with Crippen LogP contribution in [0.4, 0.5) is 13.2 Å². The van der Waals surface area contributed by atoms with Crippen molar-refractivity contribution in [3.8, 4) is 0 Å². The fourth-order valence-electron chi connectivity index (χ4n) is 2.60. The highest BCUT2D eigenvalue weighted by molar-refractivity contribution is 9.10. The highest BCUT2D eigenvalue weighted by Gasteiger charge is 2.43. The molecule has 1 atom stereocenters. The van der Waals surface area contributed by atoms with Crippen LogP contribution >= 0.6 is 15.9 Å². The van der Waals surface area contributed by atoms with Crippen LogP contribution in [-0.4, -0.2) is 23.0 Å². The number of amides is 1. The lowest BCUT2D eigenvalue weighted by Gasteiger charge is -2.30. The molecule has 0 bridgehead atoms. The number of carbonyl (C=O) groups is 1. The van der Waals surface area contributed by atoms with Crippen molar-refractivity contribution in [1.82, 2.24) is 4.90 Å². The Bertz CT molecular complexity index is 775. The monoisotopic (exact) mass is 415 g/mol. The lowest BCUT2D eigenvalue weighted by atomic mass is 9.89. The topological polar surface area (TPSA) is 40.5 Å². The van der Waals surface area contributed by atoms with Gasteiger partial charge in [-0.15, -0.1) is 0 Å². The Morgan fingerprint density at radius 3 is 2.16 bits per heavy atom. The zero-order chi connectivity index (χ0) is 18.8. The summed E-state index contributed by atoms with van der Waals surface area (Å²) in [5, 5.41) is 10.6. The average molecular weight is 416 g/mol. The molecule has 2 aromatic carbocycles. The van der Waals surface area contributed by atoms with E-state index in [2.05, 4.69) is 15.9 Å². The normalized spacial score (nSPS) is 14.0. The van der Waals surface area contributed by atoms with E-state index in [1.807, 2.05) is 6.07 Å². The van der Waals surface area contributed by atoms with E-state index in [0.717, 1.165) is 29.1 Å². The molecule has 0 saturated carbocycles. The third-order valence-electron chi connectivity index (χ3n) is 3.89. The van der Waals surface area contributed by atoms with E-state index in [0.29, 0.717) is 0 Å². The minimum absolute atomic E-state index is 0.143. The predicted octanol–water partition coefficient (Wildman–Crippen LogP) is 4.33. The van der Waals surface area contributed by atoms with Gasteiger partial charge in [-0.05, 0) is 24.6 Å². The lowest BCUT2D eigenvalue weighted by molar-refractivity contribution is -0.153. The van der Waals surface area contributed by atoms with Gasteiger partial charge in [0.05, 0.1) is 5.56 Å². The third kappa shape index (κ3) is 4.22. The van der Waals surface area contributed by atoms with Gasteiger partial charge in [-0.25, -0.2) is 0 Å². The number of hydrogen-bond acceptors (Lipinski definition) is 2. The summed E-state index contributed by atoms with van der Waals surface area (Å²) in [6, 6.07) is 11.7. The molecule has 0 radical (unpaired) electrons. The van der Waals surface area contributed by atoms with Gasteiger partial charge >= 0.3 is 6.18 Å². The van der Waals surface area contributed by atoms with E-state index < -0.39 is 28.8 Å². The quantitative estimate of drug-likeness (QED) is 0.806. The van der Waals surface area contributed by atoms with Gasteiger partial charge in [0.25, 0.3) is 5.91 Å². The second-order valence-electron chi connectivity index (χ2n) is 5.87. The maximum atomic E-state index is 13.2. The van der Waals surface area contributed by atoms with Gasteiger partial charge < -0.3 is 10.0 Å². The van der Waals surface area contributed by atoms with Crippen LogP contribution in [0.2, 0.25) is 0 Å². The number of alkyl halides is 3. The number of carbonyl (C=O) groups excluding carboxylic acids is 1. The molecule has 1 amide bonds. The SMILES string of the molecule is CN(Cc1ccccc1Br)C(=O)C(C)(O)c1ccccc1C(F)(F)F. The van der Waals surface area contributed by atoms with Crippen molar-refractivity contribution in [2.75, 3.05) is 7.05 Å². The minimum Gasteiger partial charge on any atom is -0.376 e. The van der Waals surface area contributed by atoms with Gasteiger partial charge in [0.2, 0.25) is 0 Å². The molecule has 0 heterocycles. The molecule has 134 valence electrons. The van der Waals surface area contributed by atoms with Crippen molar-refractivity contribution < 1.29 is 23.1 Å². The number of aliphatic hydroxyl groups is 1. The summed E-state index contributed by atoms with van der Waals surface area (Å²) in [5.74, 6) is -0.819. The van der Waals surface area contributed by atoms with E-state index in [1.54, 1.807) is 18.2 Å². The molecule has 0 saturated heterocycles. The second-order valence-corrected chi connectivity index (χ2v) is 6.72. The van der Waals surface area contributed by atoms with Gasteiger partial charge in [-0.3, -0.25) is 4.79 Å². The van der Waals surface area contributed by atoms with E-state index in [4.69, 9.17) is 0 Å². The molecule has 0 aromatic heterocycles. The number of nitrogens with zero attached hydrogens (tertiary/aromatic N) is 1. The first-order valence-electron chi connectivity index (χ1n) is 7.43. The van der Waals surface area contributed by atoms with Gasteiger partial charge in [-0.2, -0.15) is 13.2 Å². The van der Waals surface area contributed by atoms with Gasteiger partial charge in [0.15, 0.2) is 5.60 Å². The van der Waals surface area contributed by atoms with Gasteiger partial charge in [0, 0.05) is 23.6 Å². The first-order chi connectivity index (χ1) is 11.5. The highest BCUT2D eigenvalue weighted by atomic mass is 79.9. The Morgan fingerprint density at radius 2 is 1.60 bits per heavy atom. The molecule has 0 aliphatic heterocycles. The van der Waals surface area contributed by atoms with Gasteiger partial charge in [0.1, 0.15) is 0 Å². The fraction of sp³-hybridized carbons (Fsp3) is 0.278. The molecular formula is C18H17BrF3NO2. The molecule has 0 aliphatic rings. The Balaban J connectivity index is 2.33. The second kappa shape index (κ2) is 7.17. The Morgan fingerprint density at radius 1 is 1.08 bits per heavy atom. The third-order valence-corrected chi connectivity index (χ3v) is 4.66. The molecule has 2 rings (SSSR count). The molecule has 0 spiro atoms. The number of halogens is 4. The molecule has 1 N–H and O–H groups in total. The van der Waals surface area contributed by atoms with Crippen LogP contribution < -0.4 is 0 Å². The van der Waals surface area contributed by atoms with Crippen molar-refractivity contribution in [2.24, 2.45) is 0 Å². The van der Waals surface area contributed by atoms with Crippen molar-refractivity contribution in [1.29, 1.82) is 0 Å². The summed E-state index contributed by atoms with van der Waals surface area (Å²) in [4.78, 5) is 13.9. The highest BCUT2D eigenvalue weighted by Crippen LogP contribution is 2.37. The molecular weight excluding hydrogens is 399 g/mol. The summed E-state index contributed by atoms with van der Waals surface area (Å²) in [6.07, 6.45) is -4.66. The van der Waals surface area contributed by atoms with Crippen LogP contribution in [0.25, 0.3) is 0 Å². The summed E-state index contributed by atoms with van der Waals surface area (Å²) < 4.78 is 40.4. The number of hydrogen-bond donors (Lipinski definition) is 1. The zero-order valence-electron chi connectivity index (χ0n) is 13.6. The molecule has 0 aliphatic carbocycles. The fourth-order valence-corrected chi connectivity index (χ4v) is 3.01. The Labute approximate surface area is 152 Å². The molecule has 25 heavy (non-hydrogen) atoms. The molecule has 3 nitrogen and oxygen atoms in total. The minimum atomic E-state index is -4.66. The standard InChI is InChI=1S/C18H17BrF3NO2/c1-17(25,13-8-4-5-9-14(13)18(20,21)22)16(24)23(2)11-12-7-3-6-10-15(12)19/h3-10,25H,11H2,1-2H3. The first kappa shape index (κ1) is 19.5. The number of benzene rings is 2. The van der Waals surface area contributed by atoms with Crippen LogP contribution in [-0.2, 0) is 23.1 Å². The van der Waals surface area contributed by atoms with Gasteiger partial charge in [-0.1, -0.05) is 52.3 Å². The lowest BCUT2D eigenvalue weighted by Crippen LogP contribution is -2.44. The summed E-state index contributed by atoms with van der Waals surface area (Å²) >= 11 is 3.36. The summed E-state index contributed by atoms with van der Waals surface area (Å²) in [7, 11) is 1.44. The maximum absolute atomic E-state index is 13.2. The number of likely N-dealkylation sites (N-methyl/N-ethyl adjacent to an activating group) is 1. The Hall–Kier alpha value is -1.86. The van der Waals surface area contributed by atoms with E-state index in [1.165, 1.54) is 24.1 Å². The maximum Gasteiger partial charge on any atom is 0.416 e. The average Bonchev–Trinajstić information content (AvgIpc) is 2.55. The van der Waals surface area contributed by atoms with Crippen LogP contribution in [0.1, 0.15) is 23.6 Å². The van der Waals surface area contributed by atoms with Crippen molar-refractivity contribution in [2.45, 2.75) is 25.2 Å². The van der Waals surface area contributed by atoms with E-state index in [9.17, 15) is 23.1 Å². The van der Waals surface area contributed by atoms with E-state index in [-0.39, 0.29) is 6.54 Å². The van der Waals surface area contributed by atoms with Crippen molar-refractivity contribution in [3.05, 3.63) is 69.7 Å². The van der Waals surface area contributed by atoms with Crippen LogP contribution in [0.5, 0.6) is 0 Å². The summed E-state index contributed by atoms with van der Waals surface area (Å²) in [6.45, 7) is 1.22. The Kier molecular flexibility index (Phi) is 5.58. The van der Waals surface area contributed by atoms with E-state index >= 15 is 0 Å². The molecule has 0 fully saturated rings. The smallest absolute Gasteiger partial charge is 0.376 e. The van der Waals surface area contributed by atoms with Crippen LogP contribution in [0, 0.1) is 0 Å². The molecule has 7 heteroatoms. The van der Waals surface area contributed by atoms with Crippen molar-refractivity contribution in [3.63, 3.8) is 0 Å². The largest absolute Gasteiger partial charge is 0.416 e. The first-order valence-corrected chi connectivity index (χ1v) is 8.22. The zero-order valence-corrected chi connectivity index (χ0v) is 15.2. The van der Waals surface area contributed by atoms with Crippen LogP contribution in [0.3, 0.4) is 0 Å². The summed E-state index contributed by atoms with van der Waals surface area (Å²) in [5.41, 5.74) is -3.02. The predicted molar refractivity (Wildman–Crippen MR) is 91.6 cm³/mol. The molecule has 1 unspecified atom stereocenters. The van der Waals surface area contributed by atoms with Crippen LogP contribution in [0.15, 0.2) is 53.0 Å². The van der Waals surface area contributed by atoms with Crippen molar-refractivity contribution >= 4 is 21.8 Å². The molecule has 2 aromatic rings. The number of rotatable bonds is 4.